The maximum Gasteiger partial charge on any atom is 0.245 e. The highest BCUT2D eigenvalue weighted by Crippen LogP contribution is 2.28. The van der Waals surface area contributed by atoms with Crippen LogP contribution in [-0.2, 0) is 0 Å². The van der Waals surface area contributed by atoms with Crippen LogP contribution in [0.4, 0.5) is 5.95 Å². The van der Waals surface area contributed by atoms with E-state index >= 15 is 0 Å². The number of anilines is 1. The Balaban J connectivity index is 1.76. The first-order valence-electron chi connectivity index (χ1n) is 7.01. The number of piperidine rings is 1. The molecule has 0 unspecified atom stereocenters. The van der Waals surface area contributed by atoms with Crippen molar-refractivity contribution in [3.63, 3.8) is 0 Å². The molecular weight excluding hydrogens is 290 g/mol. The van der Waals surface area contributed by atoms with Crippen LogP contribution in [0, 0.1) is 0 Å². The molecule has 0 saturated carbocycles. The lowest BCUT2D eigenvalue weighted by atomic mass is 10.1. The number of halogens is 1. The fourth-order valence-corrected chi connectivity index (χ4v) is 2.73. The number of nitrogens with one attached hydrogen (secondary N) is 2. The number of aromatic amines is 1. The number of aromatic hydroxyl groups is 1. The molecule has 0 radical (unpaired) electrons. The highest BCUT2D eigenvalue weighted by molar-refractivity contribution is 6.32. The van der Waals surface area contributed by atoms with Gasteiger partial charge in [0.1, 0.15) is 5.75 Å². The first-order valence-corrected chi connectivity index (χ1v) is 7.38. The molecule has 2 heterocycles. The lowest BCUT2D eigenvalue weighted by molar-refractivity contribution is 0.439. The van der Waals surface area contributed by atoms with E-state index in [0.717, 1.165) is 31.5 Å². The van der Waals surface area contributed by atoms with Crippen molar-refractivity contribution in [2.45, 2.75) is 18.9 Å². The predicted octanol–water partition coefficient (Wildman–Crippen LogP) is 2.02. The molecule has 0 spiro atoms. The third kappa shape index (κ3) is 2.96. The Labute approximate surface area is 128 Å². The van der Waals surface area contributed by atoms with Gasteiger partial charge in [0, 0.05) is 24.7 Å². The predicted molar refractivity (Wildman–Crippen MR) is 82.8 cm³/mol. The quantitative estimate of drug-likeness (QED) is 0.808. The molecule has 1 fully saturated rings. The minimum absolute atomic E-state index is 0.0642. The van der Waals surface area contributed by atoms with Crippen molar-refractivity contribution in [3.8, 4) is 17.1 Å². The minimum Gasteiger partial charge on any atom is -0.506 e. The maximum absolute atomic E-state index is 9.46. The molecule has 21 heavy (non-hydrogen) atoms. The van der Waals surface area contributed by atoms with Crippen LogP contribution in [0.5, 0.6) is 5.75 Å². The third-order valence-corrected chi connectivity index (χ3v) is 4.18. The van der Waals surface area contributed by atoms with E-state index in [-0.39, 0.29) is 5.75 Å². The SMILES string of the molecule is CNC1CCN(c2n[nH]c(-c3ccc(O)c(Cl)c3)n2)CC1. The van der Waals surface area contributed by atoms with E-state index in [1.165, 1.54) is 0 Å². The number of nitrogens with zero attached hydrogens (tertiary/aromatic N) is 3. The van der Waals surface area contributed by atoms with Crippen molar-refractivity contribution in [1.82, 2.24) is 20.5 Å². The van der Waals surface area contributed by atoms with Crippen LogP contribution in [0.15, 0.2) is 18.2 Å². The number of rotatable bonds is 3. The van der Waals surface area contributed by atoms with Crippen molar-refractivity contribution < 1.29 is 5.11 Å². The Hall–Kier alpha value is -1.79. The Morgan fingerprint density at radius 1 is 1.38 bits per heavy atom. The molecule has 0 bridgehead atoms. The number of phenolic OH excluding ortho intramolecular Hbond substituents is 1. The van der Waals surface area contributed by atoms with Crippen LogP contribution in [0.25, 0.3) is 11.4 Å². The molecule has 1 aliphatic heterocycles. The van der Waals surface area contributed by atoms with E-state index in [1.807, 2.05) is 7.05 Å². The van der Waals surface area contributed by atoms with Gasteiger partial charge >= 0.3 is 0 Å². The van der Waals surface area contributed by atoms with Crippen LogP contribution in [0.1, 0.15) is 12.8 Å². The molecule has 7 heteroatoms. The van der Waals surface area contributed by atoms with Gasteiger partial charge in [-0.05, 0) is 38.1 Å². The summed E-state index contributed by atoms with van der Waals surface area (Å²) in [5.74, 6) is 1.43. The molecule has 0 atom stereocenters. The van der Waals surface area contributed by atoms with Crippen LogP contribution in [0.3, 0.4) is 0 Å². The number of H-pyrrole nitrogens is 1. The fraction of sp³-hybridized carbons (Fsp3) is 0.429. The molecular formula is C14H18ClN5O. The van der Waals surface area contributed by atoms with Gasteiger partial charge in [-0.1, -0.05) is 11.6 Å². The highest BCUT2D eigenvalue weighted by atomic mass is 35.5. The Bertz CT molecular complexity index is 622. The second-order valence-corrected chi connectivity index (χ2v) is 5.61. The molecule has 1 saturated heterocycles. The monoisotopic (exact) mass is 307 g/mol. The number of aromatic nitrogens is 3. The minimum atomic E-state index is 0.0642. The molecule has 1 aromatic heterocycles. The van der Waals surface area contributed by atoms with Crippen LogP contribution < -0.4 is 10.2 Å². The summed E-state index contributed by atoms with van der Waals surface area (Å²) >= 11 is 5.92. The van der Waals surface area contributed by atoms with Crippen LogP contribution in [0.2, 0.25) is 5.02 Å². The Kier molecular flexibility index (Phi) is 3.98. The molecule has 2 aromatic rings. The molecule has 0 aliphatic carbocycles. The molecule has 112 valence electrons. The molecule has 0 amide bonds. The van der Waals surface area contributed by atoms with Gasteiger partial charge in [-0.15, -0.1) is 5.10 Å². The molecule has 1 aromatic carbocycles. The molecule has 6 nitrogen and oxygen atoms in total. The number of hydrogen-bond donors (Lipinski definition) is 3. The van der Waals surface area contributed by atoms with Crippen LogP contribution >= 0.6 is 11.6 Å². The summed E-state index contributed by atoms with van der Waals surface area (Å²) in [5, 5.41) is 20.3. The summed E-state index contributed by atoms with van der Waals surface area (Å²) in [4.78, 5) is 6.70. The van der Waals surface area contributed by atoms with Crippen LogP contribution in [-0.4, -0.2) is 46.5 Å². The van der Waals surface area contributed by atoms with E-state index in [4.69, 9.17) is 11.6 Å². The van der Waals surface area contributed by atoms with Crippen molar-refractivity contribution in [1.29, 1.82) is 0 Å². The smallest absolute Gasteiger partial charge is 0.245 e. The lowest BCUT2D eigenvalue weighted by Crippen LogP contribution is -2.41. The van der Waals surface area contributed by atoms with Gasteiger partial charge in [-0.2, -0.15) is 4.98 Å². The zero-order chi connectivity index (χ0) is 14.8. The first kappa shape index (κ1) is 14.2. The summed E-state index contributed by atoms with van der Waals surface area (Å²) in [7, 11) is 2.00. The summed E-state index contributed by atoms with van der Waals surface area (Å²) in [5.41, 5.74) is 0.807. The average Bonchev–Trinajstić information content (AvgIpc) is 3.00. The first-order chi connectivity index (χ1) is 10.2. The number of hydrogen-bond acceptors (Lipinski definition) is 5. The maximum atomic E-state index is 9.46. The van der Waals surface area contributed by atoms with E-state index < -0.39 is 0 Å². The summed E-state index contributed by atoms with van der Waals surface area (Å²) in [6.07, 6.45) is 2.18. The second kappa shape index (κ2) is 5.91. The summed E-state index contributed by atoms with van der Waals surface area (Å²) in [6, 6.07) is 5.57. The van der Waals surface area contributed by atoms with Gasteiger partial charge in [0.15, 0.2) is 5.82 Å². The zero-order valence-corrected chi connectivity index (χ0v) is 12.6. The lowest BCUT2D eigenvalue weighted by Gasteiger charge is -2.30. The topological polar surface area (TPSA) is 77.1 Å². The van der Waals surface area contributed by atoms with Crippen molar-refractivity contribution in [3.05, 3.63) is 23.2 Å². The standard InChI is InChI=1S/C14H18ClN5O/c1-16-10-4-6-20(7-5-10)14-17-13(18-19-14)9-2-3-12(21)11(15)8-9/h2-3,8,10,16,21H,4-7H2,1H3,(H,17,18,19). The normalized spacial score (nSPS) is 16.4. The van der Waals surface area contributed by atoms with Crippen molar-refractivity contribution in [2.75, 3.05) is 25.0 Å². The van der Waals surface area contributed by atoms with E-state index in [1.54, 1.807) is 18.2 Å². The number of benzene rings is 1. The zero-order valence-electron chi connectivity index (χ0n) is 11.8. The summed E-state index contributed by atoms with van der Waals surface area (Å²) < 4.78 is 0. The van der Waals surface area contributed by atoms with E-state index in [2.05, 4.69) is 25.4 Å². The molecule has 3 rings (SSSR count). The van der Waals surface area contributed by atoms with Gasteiger partial charge in [0.2, 0.25) is 5.95 Å². The van der Waals surface area contributed by atoms with Gasteiger partial charge in [-0.3, -0.25) is 5.10 Å². The largest absolute Gasteiger partial charge is 0.506 e. The second-order valence-electron chi connectivity index (χ2n) is 5.20. The molecule has 1 aliphatic rings. The van der Waals surface area contributed by atoms with Gasteiger partial charge < -0.3 is 15.3 Å². The highest BCUT2D eigenvalue weighted by Gasteiger charge is 2.21. The van der Waals surface area contributed by atoms with Gasteiger partial charge in [-0.25, -0.2) is 0 Å². The number of phenols is 1. The summed E-state index contributed by atoms with van der Waals surface area (Å²) in [6.45, 7) is 1.89. The Morgan fingerprint density at radius 2 is 2.14 bits per heavy atom. The molecule has 3 N–H and O–H groups in total. The van der Waals surface area contributed by atoms with E-state index in [0.29, 0.717) is 22.8 Å². The van der Waals surface area contributed by atoms with Crippen molar-refractivity contribution >= 4 is 17.5 Å². The van der Waals surface area contributed by atoms with Crippen molar-refractivity contribution in [2.24, 2.45) is 0 Å². The van der Waals surface area contributed by atoms with E-state index in [9.17, 15) is 5.11 Å². The average molecular weight is 308 g/mol. The Morgan fingerprint density at radius 3 is 2.81 bits per heavy atom. The fourth-order valence-electron chi connectivity index (χ4n) is 2.55. The third-order valence-electron chi connectivity index (χ3n) is 3.88. The van der Waals surface area contributed by atoms with Gasteiger partial charge in [0.05, 0.1) is 5.02 Å². The van der Waals surface area contributed by atoms with Gasteiger partial charge in [0.25, 0.3) is 0 Å².